The quantitative estimate of drug-likeness (QED) is 0.848. The number of benzene rings is 2. The lowest BCUT2D eigenvalue weighted by atomic mass is 10.0. The molecule has 26 heavy (non-hydrogen) atoms. The molecule has 1 heterocycles. The summed E-state index contributed by atoms with van der Waals surface area (Å²) in [5.41, 5.74) is 4.25. The molecule has 2 aromatic carbocycles. The Morgan fingerprint density at radius 1 is 1.15 bits per heavy atom. The van der Waals surface area contributed by atoms with Crippen LogP contribution in [-0.2, 0) is 4.79 Å². The Morgan fingerprint density at radius 2 is 1.92 bits per heavy atom. The van der Waals surface area contributed by atoms with Gasteiger partial charge in [-0.05, 0) is 81.5 Å². The average Bonchev–Trinajstić information content (AvgIpc) is 2.64. The predicted octanol–water partition coefficient (Wildman–Crippen LogP) is 4.70. The second kappa shape index (κ2) is 8.26. The normalized spacial score (nSPS) is 17.0. The average molecular weight is 352 g/mol. The van der Waals surface area contributed by atoms with Gasteiger partial charge < -0.3 is 15.0 Å². The number of hydrogen-bond acceptors (Lipinski definition) is 3. The number of amides is 1. The molecule has 1 N–H and O–H groups in total. The molecule has 1 amide bonds. The first-order chi connectivity index (χ1) is 12.5. The fraction of sp³-hybridized carbons (Fsp3) is 0.409. The summed E-state index contributed by atoms with van der Waals surface area (Å²) in [7, 11) is 0. The lowest BCUT2D eigenvalue weighted by Crippen LogP contribution is -2.37. The highest BCUT2D eigenvalue weighted by atomic mass is 16.5. The molecular formula is C22H28N2O2. The summed E-state index contributed by atoms with van der Waals surface area (Å²) in [5.74, 6) is 0.611. The van der Waals surface area contributed by atoms with Crippen LogP contribution in [0.15, 0.2) is 42.5 Å². The molecule has 1 aliphatic heterocycles. The van der Waals surface area contributed by atoms with Gasteiger partial charge in [0.05, 0.1) is 0 Å². The molecule has 2 aromatic rings. The SMILES string of the molecule is Cc1cccc(OCC(=O)Nc2ccc(N3CCCCC3C)cc2)c1C. The van der Waals surface area contributed by atoms with Crippen molar-refractivity contribution in [2.24, 2.45) is 0 Å². The van der Waals surface area contributed by atoms with Crippen LogP contribution in [0.5, 0.6) is 5.75 Å². The Balaban J connectivity index is 1.55. The Hall–Kier alpha value is -2.49. The zero-order valence-corrected chi connectivity index (χ0v) is 15.9. The number of piperidine rings is 1. The molecule has 0 saturated carbocycles. The summed E-state index contributed by atoms with van der Waals surface area (Å²) in [4.78, 5) is 14.6. The molecule has 0 aliphatic carbocycles. The third kappa shape index (κ3) is 4.37. The molecule has 138 valence electrons. The van der Waals surface area contributed by atoms with Gasteiger partial charge in [0, 0.05) is 24.0 Å². The zero-order valence-electron chi connectivity index (χ0n) is 15.9. The van der Waals surface area contributed by atoms with Crippen LogP contribution in [0.4, 0.5) is 11.4 Å². The number of rotatable bonds is 5. The number of anilines is 2. The van der Waals surface area contributed by atoms with E-state index in [-0.39, 0.29) is 12.5 Å². The smallest absolute Gasteiger partial charge is 0.262 e. The van der Waals surface area contributed by atoms with E-state index in [4.69, 9.17) is 4.74 Å². The molecule has 0 aromatic heterocycles. The van der Waals surface area contributed by atoms with Crippen LogP contribution in [0.3, 0.4) is 0 Å². The summed E-state index contributed by atoms with van der Waals surface area (Å²) in [6.45, 7) is 7.43. The third-order valence-electron chi connectivity index (χ3n) is 5.20. The van der Waals surface area contributed by atoms with E-state index in [1.165, 1.54) is 24.9 Å². The van der Waals surface area contributed by atoms with E-state index in [9.17, 15) is 4.79 Å². The predicted molar refractivity (Wildman–Crippen MR) is 107 cm³/mol. The molecule has 0 radical (unpaired) electrons. The number of hydrogen-bond donors (Lipinski definition) is 1. The molecule has 4 heteroatoms. The molecule has 1 atom stereocenters. The highest BCUT2D eigenvalue weighted by Crippen LogP contribution is 2.26. The molecule has 3 rings (SSSR count). The number of carbonyl (C=O) groups is 1. The van der Waals surface area contributed by atoms with E-state index in [1.807, 2.05) is 44.2 Å². The van der Waals surface area contributed by atoms with Gasteiger partial charge in [0.25, 0.3) is 5.91 Å². The lowest BCUT2D eigenvalue weighted by Gasteiger charge is -2.35. The van der Waals surface area contributed by atoms with Crippen molar-refractivity contribution in [3.63, 3.8) is 0 Å². The van der Waals surface area contributed by atoms with E-state index in [0.29, 0.717) is 6.04 Å². The number of aryl methyl sites for hydroxylation is 1. The number of carbonyl (C=O) groups excluding carboxylic acids is 1. The molecular weight excluding hydrogens is 324 g/mol. The Kier molecular flexibility index (Phi) is 5.82. The highest BCUT2D eigenvalue weighted by Gasteiger charge is 2.18. The minimum atomic E-state index is -0.148. The van der Waals surface area contributed by atoms with Gasteiger partial charge in [-0.25, -0.2) is 0 Å². The Morgan fingerprint density at radius 3 is 2.65 bits per heavy atom. The first kappa shape index (κ1) is 18.3. The topological polar surface area (TPSA) is 41.6 Å². The van der Waals surface area contributed by atoms with Crippen LogP contribution in [-0.4, -0.2) is 25.1 Å². The van der Waals surface area contributed by atoms with Gasteiger partial charge in [-0.1, -0.05) is 12.1 Å². The van der Waals surface area contributed by atoms with E-state index in [1.54, 1.807) is 0 Å². The lowest BCUT2D eigenvalue weighted by molar-refractivity contribution is -0.118. The summed E-state index contributed by atoms with van der Waals surface area (Å²) in [6, 6.07) is 14.5. The second-order valence-electron chi connectivity index (χ2n) is 7.12. The van der Waals surface area contributed by atoms with Gasteiger partial charge in [-0.2, -0.15) is 0 Å². The van der Waals surface area contributed by atoms with Gasteiger partial charge in [0.2, 0.25) is 0 Å². The van der Waals surface area contributed by atoms with Crippen LogP contribution in [0, 0.1) is 13.8 Å². The van der Waals surface area contributed by atoms with Crippen LogP contribution >= 0.6 is 0 Å². The van der Waals surface area contributed by atoms with Crippen molar-refractivity contribution in [1.29, 1.82) is 0 Å². The van der Waals surface area contributed by atoms with Gasteiger partial charge >= 0.3 is 0 Å². The van der Waals surface area contributed by atoms with Crippen LogP contribution in [0.2, 0.25) is 0 Å². The third-order valence-corrected chi connectivity index (χ3v) is 5.20. The zero-order chi connectivity index (χ0) is 18.5. The summed E-state index contributed by atoms with van der Waals surface area (Å²) in [5, 5.41) is 2.91. The van der Waals surface area contributed by atoms with Crippen LogP contribution < -0.4 is 15.0 Å². The van der Waals surface area contributed by atoms with Crippen molar-refractivity contribution < 1.29 is 9.53 Å². The van der Waals surface area contributed by atoms with E-state index in [2.05, 4.69) is 29.3 Å². The van der Waals surface area contributed by atoms with Gasteiger partial charge in [0.1, 0.15) is 5.75 Å². The monoisotopic (exact) mass is 352 g/mol. The van der Waals surface area contributed by atoms with Crippen molar-refractivity contribution >= 4 is 17.3 Å². The van der Waals surface area contributed by atoms with E-state index < -0.39 is 0 Å². The molecule has 0 bridgehead atoms. The molecule has 1 saturated heterocycles. The fourth-order valence-electron chi connectivity index (χ4n) is 3.44. The minimum absolute atomic E-state index is 0.00913. The standard InChI is InChI=1S/C22H28N2O2/c1-16-7-6-9-21(18(16)3)26-15-22(25)23-19-10-12-20(13-11-19)24-14-5-4-8-17(24)2/h6-7,9-13,17H,4-5,8,14-15H2,1-3H3,(H,23,25). The molecule has 1 aliphatic rings. The minimum Gasteiger partial charge on any atom is -0.483 e. The van der Waals surface area contributed by atoms with E-state index >= 15 is 0 Å². The highest BCUT2D eigenvalue weighted by molar-refractivity contribution is 5.92. The molecule has 1 unspecified atom stereocenters. The number of nitrogens with zero attached hydrogens (tertiary/aromatic N) is 1. The van der Waals surface area contributed by atoms with Crippen LogP contribution in [0.1, 0.15) is 37.3 Å². The van der Waals surface area contributed by atoms with Crippen molar-refractivity contribution in [3.05, 3.63) is 53.6 Å². The van der Waals surface area contributed by atoms with Crippen molar-refractivity contribution in [2.45, 2.75) is 46.1 Å². The summed E-state index contributed by atoms with van der Waals surface area (Å²) >= 11 is 0. The first-order valence-electron chi connectivity index (χ1n) is 9.40. The maximum Gasteiger partial charge on any atom is 0.262 e. The Labute approximate surface area is 156 Å². The first-order valence-corrected chi connectivity index (χ1v) is 9.40. The van der Waals surface area contributed by atoms with Crippen LogP contribution in [0.25, 0.3) is 0 Å². The summed E-state index contributed by atoms with van der Waals surface area (Å²) < 4.78 is 5.66. The maximum absolute atomic E-state index is 12.2. The molecule has 0 spiro atoms. The second-order valence-corrected chi connectivity index (χ2v) is 7.12. The van der Waals surface area contributed by atoms with E-state index in [0.717, 1.165) is 29.1 Å². The van der Waals surface area contributed by atoms with Crippen molar-refractivity contribution in [3.8, 4) is 5.75 Å². The number of nitrogens with one attached hydrogen (secondary N) is 1. The van der Waals surface area contributed by atoms with Gasteiger partial charge in [-0.15, -0.1) is 0 Å². The summed E-state index contributed by atoms with van der Waals surface area (Å²) in [6.07, 6.45) is 3.80. The number of ether oxygens (including phenoxy) is 1. The van der Waals surface area contributed by atoms with Crippen molar-refractivity contribution in [2.75, 3.05) is 23.4 Å². The fourth-order valence-corrected chi connectivity index (χ4v) is 3.44. The maximum atomic E-state index is 12.2. The van der Waals surface area contributed by atoms with Gasteiger partial charge in [-0.3, -0.25) is 4.79 Å². The Bertz CT molecular complexity index is 755. The molecule has 4 nitrogen and oxygen atoms in total. The largest absolute Gasteiger partial charge is 0.483 e. The van der Waals surface area contributed by atoms with Gasteiger partial charge in [0.15, 0.2) is 6.61 Å². The van der Waals surface area contributed by atoms with Crippen molar-refractivity contribution in [1.82, 2.24) is 0 Å². The molecule has 1 fully saturated rings.